The van der Waals surface area contributed by atoms with E-state index in [1.165, 1.54) is 12.5 Å². The molecule has 0 aliphatic heterocycles. The summed E-state index contributed by atoms with van der Waals surface area (Å²) in [4.78, 5) is 23.2. The van der Waals surface area contributed by atoms with Crippen LogP contribution in [0.1, 0.15) is 28.8 Å². The Hall–Kier alpha value is -2.28. The van der Waals surface area contributed by atoms with Crippen LogP contribution in [0.5, 0.6) is 0 Å². The van der Waals surface area contributed by atoms with Crippen LogP contribution in [0.15, 0.2) is 31.0 Å². The van der Waals surface area contributed by atoms with E-state index < -0.39 is 12.2 Å². The Bertz CT molecular complexity index is 647. The molecule has 6 nitrogen and oxygen atoms in total. The highest BCUT2D eigenvalue weighted by Crippen LogP contribution is 2.31. The van der Waals surface area contributed by atoms with Gasteiger partial charge in [0, 0.05) is 30.8 Å². The summed E-state index contributed by atoms with van der Waals surface area (Å²) < 4.78 is 14.0. The zero-order valence-electron chi connectivity index (χ0n) is 11.9. The van der Waals surface area contributed by atoms with Crippen molar-refractivity contribution in [3.05, 3.63) is 42.1 Å². The number of halogens is 1. The van der Waals surface area contributed by atoms with Crippen LogP contribution < -0.4 is 5.32 Å². The second-order valence-electron chi connectivity index (χ2n) is 5.50. The molecule has 0 amide bonds. The minimum Gasteiger partial charge on any atom is -0.396 e. The van der Waals surface area contributed by atoms with Crippen molar-refractivity contribution in [1.82, 2.24) is 15.0 Å². The van der Waals surface area contributed by atoms with E-state index in [0.29, 0.717) is 29.8 Å². The number of hydrogen-bond donors (Lipinski definition) is 3. The van der Waals surface area contributed by atoms with Crippen molar-refractivity contribution in [3.63, 3.8) is 0 Å². The molecular weight excluding hydrogens is 287 g/mol. The van der Waals surface area contributed by atoms with Crippen LogP contribution >= 0.6 is 0 Å². The number of aliphatic hydroxyl groups excluding tert-OH is 1. The predicted molar refractivity (Wildman–Crippen MR) is 78.4 cm³/mol. The fourth-order valence-electron chi connectivity index (χ4n) is 2.79. The number of rotatable bonds is 5. The number of H-pyrrole nitrogens is 1. The fraction of sp³-hybridized carbons (Fsp3) is 0.400. The number of alkyl halides is 1. The van der Waals surface area contributed by atoms with Gasteiger partial charge in [0.25, 0.3) is 0 Å². The van der Waals surface area contributed by atoms with Crippen LogP contribution in [0.3, 0.4) is 0 Å². The minimum atomic E-state index is -1.07. The molecule has 3 atom stereocenters. The zero-order valence-corrected chi connectivity index (χ0v) is 11.9. The highest BCUT2D eigenvalue weighted by molar-refractivity contribution is 6.11. The van der Waals surface area contributed by atoms with Gasteiger partial charge in [-0.1, -0.05) is 0 Å². The van der Waals surface area contributed by atoms with Crippen molar-refractivity contribution >= 4 is 11.6 Å². The van der Waals surface area contributed by atoms with Crippen molar-refractivity contribution in [2.24, 2.45) is 5.92 Å². The first kappa shape index (κ1) is 14.6. The van der Waals surface area contributed by atoms with Crippen molar-refractivity contribution in [1.29, 1.82) is 0 Å². The number of anilines is 1. The summed E-state index contributed by atoms with van der Waals surface area (Å²) in [6, 6.07) is 1.21. The number of nitrogens with zero attached hydrogens (tertiary/aromatic N) is 2. The van der Waals surface area contributed by atoms with Gasteiger partial charge in [-0.05, 0) is 24.8 Å². The summed E-state index contributed by atoms with van der Waals surface area (Å²) in [5.41, 5.74) is 0.802. The molecule has 3 unspecified atom stereocenters. The highest BCUT2D eigenvalue weighted by atomic mass is 19.1. The van der Waals surface area contributed by atoms with Crippen molar-refractivity contribution in [2.75, 3.05) is 11.9 Å². The number of aromatic amines is 1. The smallest absolute Gasteiger partial charge is 0.199 e. The highest BCUT2D eigenvalue weighted by Gasteiger charge is 2.34. The van der Waals surface area contributed by atoms with Gasteiger partial charge in [-0.2, -0.15) is 0 Å². The lowest BCUT2D eigenvalue weighted by molar-refractivity contribution is 0.103. The third-order valence-corrected chi connectivity index (χ3v) is 3.98. The summed E-state index contributed by atoms with van der Waals surface area (Å²) in [5, 5.41) is 12.2. The summed E-state index contributed by atoms with van der Waals surface area (Å²) in [6.07, 6.45) is 5.76. The lowest BCUT2D eigenvalue weighted by Gasteiger charge is -2.17. The third kappa shape index (κ3) is 2.85. The van der Waals surface area contributed by atoms with Crippen LogP contribution in [-0.2, 0) is 0 Å². The van der Waals surface area contributed by atoms with Crippen LogP contribution in [-0.4, -0.2) is 44.7 Å². The van der Waals surface area contributed by atoms with E-state index in [-0.39, 0.29) is 18.3 Å². The molecule has 1 aliphatic carbocycles. The first-order valence-corrected chi connectivity index (χ1v) is 7.18. The van der Waals surface area contributed by atoms with Crippen LogP contribution in [0.25, 0.3) is 0 Å². The van der Waals surface area contributed by atoms with Crippen molar-refractivity contribution < 1.29 is 14.3 Å². The first-order valence-electron chi connectivity index (χ1n) is 7.18. The Labute approximate surface area is 126 Å². The van der Waals surface area contributed by atoms with Gasteiger partial charge < -0.3 is 15.4 Å². The van der Waals surface area contributed by atoms with Gasteiger partial charge in [-0.25, -0.2) is 14.4 Å². The van der Waals surface area contributed by atoms with Gasteiger partial charge in [0.15, 0.2) is 5.78 Å². The molecule has 7 heteroatoms. The molecule has 2 heterocycles. The monoisotopic (exact) mass is 304 g/mol. The van der Waals surface area contributed by atoms with Crippen LogP contribution in [0, 0.1) is 5.92 Å². The van der Waals surface area contributed by atoms with Gasteiger partial charge >= 0.3 is 0 Å². The minimum absolute atomic E-state index is 0.0302. The van der Waals surface area contributed by atoms with Crippen molar-refractivity contribution in [3.8, 4) is 0 Å². The molecule has 0 radical (unpaired) electrons. The van der Waals surface area contributed by atoms with Gasteiger partial charge in [0.2, 0.25) is 0 Å². The van der Waals surface area contributed by atoms with Crippen molar-refractivity contribution in [2.45, 2.75) is 25.1 Å². The van der Waals surface area contributed by atoms with Crippen LogP contribution in [0.2, 0.25) is 0 Å². The molecule has 0 bridgehead atoms. The number of hydrogen-bond acceptors (Lipinski definition) is 5. The average Bonchev–Trinajstić information content (AvgIpc) is 3.18. The number of ketones is 1. The molecule has 3 N–H and O–H groups in total. The average molecular weight is 304 g/mol. The molecule has 0 spiro atoms. The maximum Gasteiger partial charge on any atom is 0.199 e. The number of aromatic nitrogens is 3. The van der Waals surface area contributed by atoms with Gasteiger partial charge in [0.05, 0.1) is 11.6 Å². The fourth-order valence-corrected chi connectivity index (χ4v) is 2.79. The molecule has 2 aromatic rings. The Balaban J connectivity index is 1.82. The Morgan fingerprint density at radius 1 is 1.50 bits per heavy atom. The van der Waals surface area contributed by atoms with E-state index in [1.54, 1.807) is 18.5 Å². The second kappa shape index (κ2) is 6.23. The number of nitrogens with one attached hydrogen (secondary N) is 2. The van der Waals surface area contributed by atoms with E-state index in [1.807, 2.05) is 0 Å². The normalized spacial score (nSPS) is 24.4. The lowest BCUT2D eigenvalue weighted by atomic mass is 10.1. The summed E-state index contributed by atoms with van der Waals surface area (Å²) >= 11 is 0. The third-order valence-electron chi connectivity index (χ3n) is 3.98. The SMILES string of the molecule is O=C(c1cc[nH]c1)c1cncnc1NC1CC(CO)CC1F. The first-order chi connectivity index (χ1) is 10.7. The molecular formula is C15H17FN4O2. The molecule has 3 rings (SSSR count). The number of carbonyl (C=O) groups is 1. The Kier molecular flexibility index (Phi) is 4.15. The summed E-state index contributed by atoms with van der Waals surface area (Å²) in [6.45, 7) is -0.0302. The lowest BCUT2D eigenvalue weighted by Crippen LogP contribution is -2.27. The number of carbonyl (C=O) groups excluding carboxylic acids is 1. The molecule has 1 fully saturated rings. The Morgan fingerprint density at radius 2 is 2.36 bits per heavy atom. The van der Waals surface area contributed by atoms with E-state index in [9.17, 15) is 9.18 Å². The quantitative estimate of drug-likeness (QED) is 0.729. The molecule has 2 aromatic heterocycles. The maximum absolute atomic E-state index is 14.0. The van der Waals surface area contributed by atoms with E-state index in [2.05, 4.69) is 20.3 Å². The van der Waals surface area contributed by atoms with Gasteiger partial charge in [0.1, 0.15) is 18.3 Å². The molecule has 22 heavy (non-hydrogen) atoms. The predicted octanol–water partition coefficient (Wildman–Crippen LogP) is 1.56. The molecule has 0 saturated heterocycles. The molecule has 1 saturated carbocycles. The summed E-state index contributed by atoms with van der Waals surface area (Å²) in [5.74, 6) is 0.0436. The van der Waals surface area contributed by atoms with Gasteiger partial charge in [-0.15, -0.1) is 0 Å². The van der Waals surface area contributed by atoms with E-state index in [0.717, 1.165) is 0 Å². The molecule has 0 aromatic carbocycles. The Morgan fingerprint density at radius 3 is 3.05 bits per heavy atom. The molecule has 116 valence electrons. The van der Waals surface area contributed by atoms with E-state index in [4.69, 9.17) is 5.11 Å². The van der Waals surface area contributed by atoms with E-state index >= 15 is 0 Å². The standard InChI is InChI=1S/C15H17FN4O2/c16-12-3-9(7-21)4-13(12)20-15-11(6-18-8-19-15)14(22)10-1-2-17-5-10/h1-2,5-6,8-9,12-13,17,21H,3-4,7H2,(H,18,19,20). The topological polar surface area (TPSA) is 90.9 Å². The largest absolute Gasteiger partial charge is 0.396 e. The maximum atomic E-state index is 14.0. The second-order valence-corrected chi connectivity index (χ2v) is 5.50. The number of aliphatic hydroxyl groups is 1. The van der Waals surface area contributed by atoms with Crippen LogP contribution in [0.4, 0.5) is 10.2 Å². The van der Waals surface area contributed by atoms with Gasteiger partial charge in [-0.3, -0.25) is 4.79 Å². The summed E-state index contributed by atoms with van der Waals surface area (Å²) in [7, 11) is 0. The molecule has 1 aliphatic rings. The zero-order chi connectivity index (χ0) is 15.5.